The molecule has 0 saturated carbocycles. The molecule has 102 valence electrons. The van der Waals surface area contributed by atoms with E-state index in [9.17, 15) is 4.79 Å². The molecule has 0 amide bonds. The van der Waals surface area contributed by atoms with E-state index >= 15 is 0 Å². The Labute approximate surface area is 121 Å². The number of hydrogen-bond donors (Lipinski definition) is 2. The van der Waals surface area contributed by atoms with Crippen LogP contribution < -0.4 is 5.73 Å². The standard InChI is InChI=1S/C16H15NO2S/c17-15-9-13(6-7-14(15)16(18)19)20-12-5-4-10-2-1-3-11(10)8-12/h4-9H,1-3,17H2,(H,18,19). The Morgan fingerprint density at radius 3 is 2.50 bits per heavy atom. The molecule has 0 bridgehead atoms. The van der Waals surface area contributed by atoms with Crippen LogP contribution in [-0.4, -0.2) is 11.1 Å². The first-order chi connectivity index (χ1) is 9.63. The number of aromatic carboxylic acids is 1. The molecule has 20 heavy (non-hydrogen) atoms. The Balaban J connectivity index is 1.84. The van der Waals surface area contributed by atoms with Gasteiger partial charge in [-0.3, -0.25) is 0 Å². The summed E-state index contributed by atoms with van der Waals surface area (Å²) in [5.41, 5.74) is 9.13. The van der Waals surface area contributed by atoms with Crippen molar-refractivity contribution in [2.24, 2.45) is 0 Å². The van der Waals surface area contributed by atoms with Crippen molar-refractivity contribution < 1.29 is 9.90 Å². The van der Waals surface area contributed by atoms with E-state index in [1.54, 1.807) is 30.0 Å². The molecule has 0 spiro atoms. The van der Waals surface area contributed by atoms with Gasteiger partial charge in [0.15, 0.2) is 0 Å². The highest BCUT2D eigenvalue weighted by atomic mass is 32.2. The summed E-state index contributed by atoms with van der Waals surface area (Å²) in [7, 11) is 0. The van der Waals surface area contributed by atoms with Gasteiger partial charge in [-0.25, -0.2) is 4.79 Å². The van der Waals surface area contributed by atoms with Crippen molar-refractivity contribution in [2.45, 2.75) is 29.1 Å². The van der Waals surface area contributed by atoms with Gasteiger partial charge in [0.25, 0.3) is 0 Å². The van der Waals surface area contributed by atoms with Gasteiger partial charge < -0.3 is 10.8 Å². The van der Waals surface area contributed by atoms with Gasteiger partial charge in [0.1, 0.15) is 0 Å². The lowest BCUT2D eigenvalue weighted by Crippen LogP contribution is -2.01. The highest BCUT2D eigenvalue weighted by molar-refractivity contribution is 7.99. The van der Waals surface area contributed by atoms with Crippen molar-refractivity contribution in [3.8, 4) is 0 Å². The van der Waals surface area contributed by atoms with E-state index in [0.29, 0.717) is 5.69 Å². The van der Waals surface area contributed by atoms with Gasteiger partial charge in [-0.1, -0.05) is 17.8 Å². The summed E-state index contributed by atoms with van der Waals surface area (Å²) in [6, 6.07) is 11.6. The number of fused-ring (bicyclic) bond motifs is 1. The molecule has 0 atom stereocenters. The molecule has 3 N–H and O–H groups in total. The summed E-state index contributed by atoms with van der Waals surface area (Å²) in [6.45, 7) is 0. The van der Waals surface area contributed by atoms with Crippen molar-refractivity contribution in [3.63, 3.8) is 0 Å². The predicted molar refractivity (Wildman–Crippen MR) is 80.4 cm³/mol. The number of hydrogen-bond acceptors (Lipinski definition) is 3. The number of rotatable bonds is 3. The number of carbonyl (C=O) groups is 1. The topological polar surface area (TPSA) is 63.3 Å². The second kappa shape index (κ2) is 5.21. The van der Waals surface area contributed by atoms with Crippen LogP contribution in [0.1, 0.15) is 27.9 Å². The van der Waals surface area contributed by atoms with Crippen LogP contribution in [0.4, 0.5) is 5.69 Å². The van der Waals surface area contributed by atoms with Gasteiger partial charge in [0.2, 0.25) is 0 Å². The lowest BCUT2D eigenvalue weighted by molar-refractivity contribution is 0.0698. The largest absolute Gasteiger partial charge is 0.478 e. The molecule has 0 heterocycles. The van der Waals surface area contributed by atoms with E-state index in [-0.39, 0.29) is 5.56 Å². The monoisotopic (exact) mass is 285 g/mol. The van der Waals surface area contributed by atoms with Crippen molar-refractivity contribution in [2.75, 3.05) is 5.73 Å². The van der Waals surface area contributed by atoms with Gasteiger partial charge in [0, 0.05) is 15.5 Å². The fraction of sp³-hybridized carbons (Fsp3) is 0.188. The zero-order chi connectivity index (χ0) is 14.1. The Hall–Kier alpha value is -1.94. The predicted octanol–water partition coefficient (Wildman–Crippen LogP) is 3.61. The average molecular weight is 285 g/mol. The van der Waals surface area contributed by atoms with E-state index in [1.165, 1.54) is 28.9 Å². The van der Waals surface area contributed by atoms with Crippen molar-refractivity contribution >= 4 is 23.4 Å². The van der Waals surface area contributed by atoms with Gasteiger partial charge in [-0.05, 0) is 60.7 Å². The highest BCUT2D eigenvalue weighted by Crippen LogP contribution is 2.33. The highest BCUT2D eigenvalue weighted by Gasteiger charge is 2.12. The van der Waals surface area contributed by atoms with Crippen LogP contribution in [0, 0.1) is 0 Å². The normalized spacial score (nSPS) is 13.2. The second-order valence-corrected chi connectivity index (χ2v) is 6.09. The molecule has 1 aliphatic rings. The van der Waals surface area contributed by atoms with Crippen LogP contribution in [0.2, 0.25) is 0 Å². The van der Waals surface area contributed by atoms with Crippen LogP contribution in [0.3, 0.4) is 0 Å². The number of nitrogen functional groups attached to an aromatic ring is 1. The molecule has 0 aromatic heterocycles. The van der Waals surface area contributed by atoms with E-state index in [1.807, 2.05) is 0 Å². The molecule has 0 aliphatic heterocycles. The summed E-state index contributed by atoms with van der Waals surface area (Å²) < 4.78 is 0. The molecule has 0 fully saturated rings. The maximum Gasteiger partial charge on any atom is 0.337 e. The molecule has 4 heteroatoms. The summed E-state index contributed by atoms with van der Waals surface area (Å²) >= 11 is 1.62. The Morgan fingerprint density at radius 1 is 1.05 bits per heavy atom. The van der Waals surface area contributed by atoms with E-state index in [0.717, 1.165) is 11.3 Å². The molecular formula is C16H15NO2S. The first kappa shape index (κ1) is 13.1. The fourth-order valence-electron chi connectivity index (χ4n) is 2.55. The molecule has 0 radical (unpaired) electrons. The molecule has 0 saturated heterocycles. The minimum absolute atomic E-state index is 0.156. The zero-order valence-corrected chi connectivity index (χ0v) is 11.7. The minimum Gasteiger partial charge on any atom is -0.478 e. The third-order valence-electron chi connectivity index (χ3n) is 3.56. The Morgan fingerprint density at radius 2 is 1.75 bits per heavy atom. The van der Waals surface area contributed by atoms with Gasteiger partial charge in [-0.15, -0.1) is 0 Å². The van der Waals surface area contributed by atoms with Crippen molar-refractivity contribution in [1.82, 2.24) is 0 Å². The van der Waals surface area contributed by atoms with Gasteiger partial charge in [0.05, 0.1) is 5.56 Å². The smallest absolute Gasteiger partial charge is 0.337 e. The number of carboxylic acids is 1. The molecule has 1 aliphatic carbocycles. The van der Waals surface area contributed by atoms with E-state index < -0.39 is 5.97 Å². The minimum atomic E-state index is -0.989. The zero-order valence-electron chi connectivity index (χ0n) is 10.9. The van der Waals surface area contributed by atoms with Crippen molar-refractivity contribution in [1.29, 1.82) is 0 Å². The third kappa shape index (κ3) is 2.51. The molecule has 2 aromatic rings. The number of anilines is 1. The van der Waals surface area contributed by atoms with Crippen LogP contribution in [0.5, 0.6) is 0 Å². The fourth-order valence-corrected chi connectivity index (χ4v) is 3.48. The lowest BCUT2D eigenvalue weighted by Gasteiger charge is -2.07. The third-order valence-corrected chi connectivity index (χ3v) is 4.54. The quantitative estimate of drug-likeness (QED) is 0.846. The van der Waals surface area contributed by atoms with Crippen LogP contribution in [0.15, 0.2) is 46.2 Å². The average Bonchev–Trinajstić information content (AvgIpc) is 2.85. The molecule has 3 rings (SSSR count). The number of aryl methyl sites for hydroxylation is 2. The van der Waals surface area contributed by atoms with E-state index in [4.69, 9.17) is 10.8 Å². The molecule has 3 nitrogen and oxygen atoms in total. The number of benzene rings is 2. The first-order valence-electron chi connectivity index (χ1n) is 6.56. The lowest BCUT2D eigenvalue weighted by atomic mass is 10.1. The van der Waals surface area contributed by atoms with Crippen LogP contribution in [0.25, 0.3) is 0 Å². The van der Waals surface area contributed by atoms with Crippen LogP contribution in [-0.2, 0) is 12.8 Å². The second-order valence-electron chi connectivity index (χ2n) is 4.94. The maximum absolute atomic E-state index is 10.9. The Bertz CT molecular complexity index is 682. The summed E-state index contributed by atoms with van der Waals surface area (Å²) in [5, 5.41) is 8.97. The first-order valence-corrected chi connectivity index (χ1v) is 7.37. The van der Waals surface area contributed by atoms with Gasteiger partial charge in [-0.2, -0.15) is 0 Å². The number of carboxylic acid groups (broad SMARTS) is 1. The summed E-state index contributed by atoms with van der Waals surface area (Å²) in [5.74, 6) is -0.989. The van der Waals surface area contributed by atoms with Gasteiger partial charge >= 0.3 is 5.97 Å². The summed E-state index contributed by atoms with van der Waals surface area (Å²) in [4.78, 5) is 13.1. The molecule has 0 unspecified atom stereocenters. The molecule has 2 aromatic carbocycles. The summed E-state index contributed by atoms with van der Waals surface area (Å²) in [6.07, 6.45) is 3.58. The van der Waals surface area contributed by atoms with Crippen molar-refractivity contribution in [3.05, 3.63) is 53.1 Å². The SMILES string of the molecule is Nc1cc(Sc2ccc3c(c2)CCC3)ccc1C(=O)O. The van der Waals surface area contributed by atoms with E-state index in [2.05, 4.69) is 18.2 Å². The number of nitrogens with two attached hydrogens (primary N) is 1. The molecular weight excluding hydrogens is 270 g/mol. The Kier molecular flexibility index (Phi) is 3.40. The van der Waals surface area contributed by atoms with Crippen LogP contribution >= 0.6 is 11.8 Å². The maximum atomic E-state index is 10.9.